The zero-order valence-electron chi connectivity index (χ0n) is 11.7. The van der Waals surface area contributed by atoms with Gasteiger partial charge >= 0.3 is 5.97 Å². The van der Waals surface area contributed by atoms with Crippen LogP contribution in [0.5, 0.6) is 0 Å². The number of halogens is 1. The monoisotopic (exact) mass is 284 g/mol. The SMILES string of the molecule is C=C(CCl)[C@H]1C[C@@H]2[C@@H](C(=O)OC)[C@H](C)[C@H]1C(=O)[C@@H]2C. The average Bonchev–Trinajstić information content (AvgIpc) is 2.41. The lowest BCUT2D eigenvalue weighted by Crippen LogP contribution is -2.56. The minimum absolute atomic E-state index is 0.0138. The third-order valence-corrected chi connectivity index (χ3v) is 5.49. The van der Waals surface area contributed by atoms with Crippen molar-refractivity contribution in [2.24, 2.45) is 35.5 Å². The molecule has 106 valence electrons. The summed E-state index contributed by atoms with van der Waals surface area (Å²) in [5, 5.41) is 0. The molecule has 0 aromatic heterocycles. The zero-order valence-corrected chi connectivity index (χ0v) is 12.4. The number of hydrogen-bond donors (Lipinski definition) is 0. The molecule has 3 nitrogen and oxygen atoms in total. The van der Waals surface area contributed by atoms with Gasteiger partial charge in [0.2, 0.25) is 0 Å². The van der Waals surface area contributed by atoms with Crippen molar-refractivity contribution in [1.29, 1.82) is 0 Å². The first-order valence-corrected chi connectivity index (χ1v) is 7.32. The number of allylic oxidation sites excluding steroid dienone is 1. The van der Waals surface area contributed by atoms with E-state index in [2.05, 4.69) is 6.58 Å². The van der Waals surface area contributed by atoms with Gasteiger partial charge in [-0.05, 0) is 24.2 Å². The third kappa shape index (κ3) is 2.12. The largest absolute Gasteiger partial charge is 0.469 e. The van der Waals surface area contributed by atoms with Crippen LogP contribution in [0, 0.1) is 35.5 Å². The molecule has 0 radical (unpaired) electrons. The van der Waals surface area contributed by atoms with E-state index in [9.17, 15) is 9.59 Å². The predicted octanol–water partition coefficient (Wildman–Crippen LogP) is 2.68. The first-order chi connectivity index (χ1) is 8.93. The number of ether oxygens (including phenoxy) is 1. The summed E-state index contributed by atoms with van der Waals surface area (Å²) >= 11 is 5.88. The Bertz CT molecular complexity index is 418. The highest BCUT2D eigenvalue weighted by Crippen LogP contribution is 2.54. The first-order valence-electron chi connectivity index (χ1n) is 6.79. The highest BCUT2D eigenvalue weighted by molar-refractivity contribution is 6.19. The molecule has 0 heterocycles. The predicted molar refractivity (Wildman–Crippen MR) is 73.8 cm³/mol. The van der Waals surface area contributed by atoms with Crippen LogP contribution in [0.25, 0.3) is 0 Å². The molecule has 0 unspecified atom stereocenters. The second-order valence-corrected chi connectivity index (χ2v) is 6.19. The Kier molecular flexibility index (Phi) is 4.05. The highest BCUT2D eigenvalue weighted by Gasteiger charge is 2.57. The van der Waals surface area contributed by atoms with Crippen molar-refractivity contribution in [3.63, 3.8) is 0 Å². The molecular formula is C15H21ClO3. The van der Waals surface area contributed by atoms with Gasteiger partial charge in [-0.15, -0.1) is 11.6 Å². The van der Waals surface area contributed by atoms with Gasteiger partial charge in [0.05, 0.1) is 13.0 Å². The number of methoxy groups -OCH3 is 1. The molecule has 3 aliphatic carbocycles. The molecule has 2 bridgehead atoms. The molecule has 3 saturated carbocycles. The molecule has 3 rings (SSSR count). The van der Waals surface area contributed by atoms with Crippen molar-refractivity contribution in [3.05, 3.63) is 12.2 Å². The highest BCUT2D eigenvalue weighted by atomic mass is 35.5. The van der Waals surface area contributed by atoms with Crippen LogP contribution in [0.2, 0.25) is 0 Å². The van der Waals surface area contributed by atoms with Gasteiger partial charge in [-0.1, -0.05) is 26.0 Å². The summed E-state index contributed by atoms with van der Waals surface area (Å²) in [6.07, 6.45) is 0.827. The fraction of sp³-hybridized carbons (Fsp3) is 0.733. The molecule has 0 N–H and O–H groups in total. The van der Waals surface area contributed by atoms with Gasteiger partial charge in [-0.25, -0.2) is 0 Å². The maximum atomic E-state index is 12.4. The number of Topliss-reactive ketones (excluding diaryl/α,β-unsaturated/α-hetero) is 1. The van der Waals surface area contributed by atoms with E-state index in [0.29, 0.717) is 5.88 Å². The number of carbonyl (C=O) groups excluding carboxylic acids is 2. The third-order valence-electron chi connectivity index (χ3n) is 5.14. The van der Waals surface area contributed by atoms with E-state index in [1.807, 2.05) is 13.8 Å². The van der Waals surface area contributed by atoms with Crippen LogP contribution in [0.15, 0.2) is 12.2 Å². The molecule has 0 aromatic carbocycles. The summed E-state index contributed by atoms with van der Waals surface area (Å²) in [5.41, 5.74) is 0.923. The van der Waals surface area contributed by atoms with Crippen LogP contribution in [0.1, 0.15) is 20.3 Å². The van der Waals surface area contributed by atoms with Crippen molar-refractivity contribution >= 4 is 23.4 Å². The quantitative estimate of drug-likeness (QED) is 0.455. The van der Waals surface area contributed by atoms with E-state index >= 15 is 0 Å². The van der Waals surface area contributed by atoms with E-state index < -0.39 is 0 Å². The molecule has 19 heavy (non-hydrogen) atoms. The number of alkyl halides is 1. The normalized spacial score (nSPS) is 41.2. The Balaban J connectivity index is 2.35. The number of ketones is 1. The lowest BCUT2D eigenvalue weighted by atomic mass is 9.50. The smallest absolute Gasteiger partial charge is 0.309 e. The Hall–Kier alpha value is -0.830. The summed E-state index contributed by atoms with van der Waals surface area (Å²) < 4.78 is 4.92. The van der Waals surface area contributed by atoms with Crippen molar-refractivity contribution in [1.82, 2.24) is 0 Å². The summed E-state index contributed by atoms with van der Waals surface area (Å²) in [4.78, 5) is 24.4. The molecule has 3 fully saturated rings. The Morgan fingerprint density at radius 3 is 2.63 bits per heavy atom. The molecule has 0 amide bonds. The van der Waals surface area contributed by atoms with Gasteiger partial charge < -0.3 is 4.74 Å². The minimum Gasteiger partial charge on any atom is -0.469 e. The summed E-state index contributed by atoms with van der Waals surface area (Å²) in [7, 11) is 1.42. The van der Waals surface area contributed by atoms with Crippen LogP contribution in [-0.2, 0) is 14.3 Å². The second-order valence-electron chi connectivity index (χ2n) is 5.92. The summed E-state index contributed by atoms with van der Waals surface area (Å²) in [6.45, 7) is 7.91. The van der Waals surface area contributed by atoms with Crippen LogP contribution >= 0.6 is 11.6 Å². The van der Waals surface area contributed by atoms with Gasteiger partial charge in [0, 0.05) is 17.7 Å². The molecule has 3 aliphatic rings. The van der Waals surface area contributed by atoms with Crippen LogP contribution in [0.4, 0.5) is 0 Å². The van der Waals surface area contributed by atoms with Gasteiger partial charge in [0.25, 0.3) is 0 Å². The Morgan fingerprint density at radius 1 is 1.47 bits per heavy atom. The van der Waals surface area contributed by atoms with E-state index in [4.69, 9.17) is 16.3 Å². The molecule has 0 saturated heterocycles. The molecule has 0 spiro atoms. The van der Waals surface area contributed by atoms with E-state index in [1.165, 1.54) is 7.11 Å². The van der Waals surface area contributed by atoms with Crippen LogP contribution in [-0.4, -0.2) is 24.7 Å². The maximum Gasteiger partial charge on any atom is 0.309 e. The van der Waals surface area contributed by atoms with Crippen molar-refractivity contribution in [3.8, 4) is 0 Å². The van der Waals surface area contributed by atoms with Gasteiger partial charge in [-0.3, -0.25) is 9.59 Å². The molecule has 6 atom stereocenters. The summed E-state index contributed by atoms with van der Waals surface area (Å²) in [5.74, 6) is 0.302. The van der Waals surface area contributed by atoms with E-state index in [0.717, 1.165) is 12.0 Å². The molecular weight excluding hydrogens is 264 g/mol. The Labute approximate surface area is 119 Å². The van der Waals surface area contributed by atoms with Crippen LogP contribution < -0.4 is 0 Å². The lowest BCUT2D eigenvalue weighted by molar-refractivity contribution is -0.165. The number of carbonyl (C=O) groups is 2. The zero-order chi connectivity index (χ0) is 14.3. The van der Waals surface area contributed by atoms with Crippen LogP contribution in [0.3, 0.4) is 0 Å². The number of fused-ring (bicyclic) bond motifs is 3. The van der Waals surface area contributed by atoms with Crippen molar-refractivity contribution in [2.45, 2.75) is 20.3 Å². The van der Waals surface area contributed by atoms with Gasteiger partial charge in [0.15, 0.2) is 0 Å². The van der Waals surface area contributed by atoms with Crippen molar-refractivity contribution in [2.75, 3.05) is 13.0 Å². The minimum atomic E-state index is -0.184. The van der Waals surface area contributed by atoms with Gasteiger partial charge in [0.1, 0.15) is 5.78 Å². The fourth-order valence-electron chi connectivity index (χ4n) is 4.10. The summed E-state index contributed by atoms with van der Waals surface area (Å²) in [6, 6.07) is 0. The number of hydrogen-bond acceptors (Lipinski definition) is 3. The first kappa shape index (κ1) is 14.6. The molecule has 0 aliphatic heterocycles. The number of esters is 1. The van der Waals surface area contributed by atoms with E-state index in [1.54, 1.807) is 0 Å². The maximum absolute atomic E-state index is 12.4. The number of rotatable bonds is 3. The Morgan fingerprint density at radius 2 is 2.11 bits per heavy atom. The molecule has 0 aromatic rings. The fourth-order valence-corrected chi connectivity index (χ4v) is 4.30. The lowest BCUT2D eigenvalue weighted by Gasteiger charge is -2.52. The second kappa shape index (κ2) is 5.28. The topological polar surface area (TPSA) is 43.4 Å². The average molecular weight is 285 g/mol. The standard InChI is InChI=1S/C15H21ClO3/c1-7(6-16)10-5-11-8(2)14(17)12(10)9(3)13(11)15(18)19-4/h8-13H,1,5-6H2,2-4H3/t8-,9-,10-,11+,12-,13+/m1/s1. The van der Waals surface area contributed by atoms with E-state index in [-0.39, 0.29) is 47.3 Å². The van der Waals surface area contributed by atoms with Crippen molar-refractivity contribution < 1.29 is 14.3 Å². The van der Waals surface area contributed by atoms with Gasteiger partial charge in [-0.2, -0.15) is 0 Å². The molecule has 4 heteroatoms.